The molecule has 0 atom stereocenters. The van der Waals surface area contributed by atoms with Crippen molar-refractivity contribution in [2.75, 3.05) is 18.6 Å². The Morgan fingerprint density at radius 3 is 1.97 bits per heavy atom. The summed E-state index contributed by atoms with van der Waals surface area (Å²) < 4.78 is 11.0. The van der Waals surface area contributed by atoms with Crippen LogP contribution in [0.3, 0.4) is 0 Å². The number of ether oxygens (including phenoxy) is 2. The summed E-state index contributed by atoms with van der Waals surface area (Å²) in [7, 11) is 0. The maximum Gasteiger partial charge on any atom is 0.271 e. The molecule has 1 amide bonds. The molecule has 0 fully saturated rings. The van der Waals surface area contributed by atoms with Crippen LogP contribution < -0.4 is 20.3 Å². The van der Waals surface area contributed by atoms with Gasteiger partial charge in [-0.25, -0.2) is 5.43 Å². The number of nitrogens with one attached hydrogen (secondary N) is 2. The molecule has 3 aromatic carbocycles. The van der Waals surface area contributed by atoms with Gasteiger partial charge in [0.2, 0.25) is 0 Å². The molecular weight excluding hydrogens is 460 g/mol. The topological polar surface area (TPSA) is 125 Å². The fourth-order valence-corrected chi connectivity index (χ4v) is 3.02. The Morgan fingerprint density at radius 1 is 0.833 bits per heavy atom. The zero-order chi connectivity index (χ0) is 25.8. The average Bonchev–Trinajstić information content (AvgIpc) is 2.88. The van der Waals surface area contributed by atoms with Gasteiger partial charge in [0.05, 0.1) is 31.3 Å². The maximum absolute atomic E-state index is 12.5. The SMILES string of the molecule is CCCOc1ccc(C=NNC(=O)c2cccc(NN=Cc3ccc(OCCC)cc3O)c2)c(O)c1. The van der Waals surface area contributed by atoms with E-state index in [4.69, 9.17) is 9.47 Å². The molecule has 9 heteroatoms. The van der Waals surface area contributed by atoms with Crippen molar-refractivity contribution >= 4 is 24.0 Å². The van der Waals surface area contributed by atoms with E-state index < -0.39 is 5.91 Å². The van der Waals surface area contributed by atoms with Crippen molar-refractivity contribution in [3.63, 3.8) is 0 Å². The minimum atomic E-state index is -0.429. The number of carbonyl (C=O) groups excluding carboxylic acids is 1. The van der Waals surface area contributed by atoms with Crippen molar-refractivity contribution in [1.29, 1.82) is 0 Å². The standard InChI is InChI=1S/C27H30N4O5/c1-3-12-35-23-10-8-20(25(32)15-23)17-28-30-22-7-5-6-19(14-22)27(34)31-29-18-21-9-11-24(16-26(21)33)36-13-4-2/h5-11,14-18,30,32-33H,3-4,12-13H2,1-2H3,(H,31,34). The molecule has 0 heterocycles. The second kappa shape index (κ2) is 13.4. The lowest BCUT2D eigenvalue weighted by Crippen LogP contribution is -2.17. The molecule has 0 saturated carbocycles. The monoisotopic (exact) mass is 490 g/mol. The molecule has 0 aromatic heterocycles. The highest BCUT2D eigenvalue weighted by Gasteiger charge is 2.06. The third kappa shape index (κ3) is 7.76. The van der Waals surface area contributed by atoms with E-state index in [1.807, 2.05) is 13.8 Å². The molecule has 36 heavy (non-hydrogen) atoms. The van der Waals surface area contributed by atoms with E-state index in [0.29, 0.717) is 47.1 Å². The first-order chi connectivity index (χ1) is 17.5. The van der Waals surface area contributed by atoms with Crippen molar-refractivity contribution in [2.24, 2.45) is 10.2 Å². The number of rotatable bonds is 12. The number of hydrogen-bond donors (Lipinski definition) is 4. The minimum Gasteiger partial charge on any atom is -0.507 e. The van der Waals surface area contributed by atoms with Crippen molar-refractivity contribution < 1.29 is 24.5 Å². The molecule has 0 saturated heterocycles. The average molecular weight is 491 g/mol. The van der Waals surface area contributed by atoms with Crippen LogP contribution in [0.15, 0.2) is 70.9 Å². The van der Waals surface area contributed by atoms with Crippen LogP contribution >= 0.6 is 0 Å². The van der Waals surface area contributed by atoms with Gasteiger partial charge in [0.15, 0.2) is 0 Å². The quantitative estimate of drug-likeness (QED) is 0.212. The number of carbonyl (C=O) groups is 1. The number of phenolic OH excluding ortho intramolecular Hbond substituents is 2. The normalized spacial score (nSPS) is 11.1. The second-order valence-electron chi connectivity index (χ2n) is 7.79. The molecule has 0 bridgehead atoms. The highest BCUT2D eigenvalue weighted by atomic mass is 16.5. The summed E-state index contributed by atoms with van der Waals surface area (Å²) >= 11 is 0. The summed E-state index contributed by atoms with van der Waals surface area (Å²) in [5, 5.41) is 28.3. The van der Waals surface area contributed by atoms with Crippen LogP contribution in [-0.2, 0) is 0 Å². The first-order valence-electron chi connectivity index (χ1n) is 11.6. The van der Waals surface area contributed by atoms with Crippen LogP contribution in [0.2, 0.25) is 0 Å². The molecule has 0 aliphatic rings. The van der Waals surface area contributed by atoms with E-state index in [1.165, 1.54) is 24.6 Å². The second-order valence-corrected chi connectivity index (χ2v) is 7.79. The van der Waals surface area contributed by atoms with Gasteiger partial charge in [0, 0.05) is 28.8 Å². The van der Waals surface area contributed by atoms with Crippen LogP contribution in [0.5, 0.6) is 23.0 Å². The summed E-state index contributed by atoms with van der Waals surface area (Å²) in [6.07, 6.45) is 4.57. The molecule has 0 unspecified atom stereocenters. The van der Waals surface area contributed by atoms with Gasteiger partial charge in [-0.2, -0.15) is 10.2 Å². The highest BCUT2D eigenvalue weighted by Crippen LogP contribution is 2.23. The first-order valence-corrected chi connectivity index (χ1v) is 11.6. The van der Waals surface area contributed by atoms with Crippen molar-refractivity contribution in [3.8, 4) is 23.0 Å². The number of nitrogens with zero attached hydrogens (tertiary/aromatic N) is 2. The van der Waals surface area contributed by atoms with Crippen LogP contribution in [0, 0.1) is 0 Å². The lowest BCUT2D eigenvalue weighted by atomic mass is 10.2. The fourth-order valence-electron chi connectivity index (χ4n) is 3.02. The number of hydrogen-bond acceptors (Lipinski definition) is 8. The van der Waals surface area contributed by atoms with Crippen molar-refractivity contribution in [2.45, 2.75) is 26.7 Å². The number of benzene rings is 3. The highest BCUT2D eigenvalue weighted by molar-refractivity contribution is 5.96. The smallest absolute Gasteiger partial charge is 0.271 e. The summed E-state index contributed by atoms with van der Waals surface area (Å²) in [4.78, 5) is 12.5. The molecule has 0 aliphatic carbocycles. The van der Waals surface area contributed by atoms with E-state index in [0.717, 1.165) is 12.8 Å². The number of hydrazone groups is 2. The predicted octanol–water partition coefficient (Wildman–Crippen LogP) is 4.89. The Bertz CT molecular complexity index is 1230. The van der Waals surface area contributed by atoms with Gasteiger partial charge >= 0.3 is 0 Å². The molecule has 0 aliphatic heterocycles. The fraction of sp³-hybridized carbons (Fsp3) is 0.222. The van der Waals surface area contributed by atoms with Gasteiger partial charge in [-0.05, 0) is 55.3 Å². The van der Waals surface area contributed by atoms with Gasteiger partial charge in [0.25, 0.3) is 5.91 Å². The van der Waals surface area contributed by atoms with Crippen LogP contribution in [0.4, 0.5) is 5.69 Å². The maximum atomic E-state index is 12.5. The third-order valence-corrected chi connectivity index (χ3v) is 4.84. The lowest BCUT2D eigenvalue weighted by Gasteiger charge is -2.07. The summed E-state index contributed by atoms with van der Waals surface area (Å²) in [5.41, 5.74) is 7.17. The largest absolute Gasteiger partial charge is 0.507 e. The molecule has 0 radical (unpaired) electrons. The number of amides is 1. The minimum absolute atomic E-state index is 0.000164. The number of anilines is 1. The van der Waals surface area contributed by atoms with E-state index in [9.17, 15) is 15.0 Å². The Balaban J connectivity index is 1.56. The number of aromatic hydroxyl groups is 2. The Morgan fingerprint density at radius 2 is 1.42 bits per heavy atom. The zero-order valence-corrected chi connectivity index (χ0v) is 20.3. The Hall–Kier alpha value is -4.53. The molecule has 188 valence electrons. The van der Waals surface area contributed by atoms with E-state index in [-0.39, 0.29) is 11.5 Å². The van der Waals surface area contributed by atoms with Crippen molar-refractivity contribution in [3.05, 3.63) is 77.4 Å². The van der Waals surface area contributed by atoms with Gasteiger partial charge in [0.1, 0.15) is 23.0 Å². The molecule has 3 rings (SSSR count). The lowest BCUT2D eigenvalue weighted by molar-refractivity contribution is 0.0955. The Kier molecular flexibility index (Phi) is 9.69. The third-order valence-electron chi connectivity index (χ3n) is 4.84. The van der Waals surface area contributed by atoms with Gasteiger partial charge < -0.3 is 19.7 Å². The molecular formula is C27H30N4O5. The zero-order valence-electron chi connectivity index (χ0n) is 20.3. The van der Waals surface area contributed by atoms with Crippen LogP contribution in [0.25, 0.3) is 0 Å². The summed E-state index contributed by atoms with van der Waals surface area (Å²) in [6.45, 7) is 5.15. The molecule has 3 aromatic rings. The van der Waals surface area contributed by atoms with E-state index in [1.54, 1.807) is 48.5 Å². The molecule has 4 N–H and O–H groups in total. The van der Waals surface area contributed by atoms with Crippen LogP contribution in [-0.4, -0.2) is 41.8 Å². The molecule has 9 nitrogen and oxygen atoms in total. The Labute approximate surface area is 210 Å². The van der Waals surface area contributed by atoms with Crippen LogP contribution in [0.1, 0.15) is 48.2 Å². The summed E-state index contributed by atoms with van der Waals surface area (Å²) in [6, 6.07) is 16.6. The number of phenols is 2. The van der Waals surface area contributed by atoms with Gasteiger partial charge in [-0.3, -0.25) is 10.2 Å². The van der Waals surface area contributed by atoms with E-state index in [2.05, 4.69) is 21.1 Å². The van der Waals surface area contributed by atoms with Gasteiger partial charge in [-0.1, -0.05) is 19.9 Å². The predicted molar refractivity (Wildman–Crippen MR) is 141 cm³/mol. The van der Waals surface area contributed by atoms with Crippen molar-refractivity contribution in [1.82, 2.24) is 5.43 Å². The van der Waals surface area contributed by atoms with E-state index >= 15 is 0 Å². The van der Waals surface area contributed by atoms with Gasteiger partial charge in [-0.15, -0.1) is 0 Å². The molecule has 0 spiro atoms. The summed E-state index contributed by atoms with van der Waals surface area (Å²) in [5.74, 6) is 0.778. The first kappa shape index (κ1) is 26.1.